The smallest absolute Gasteiger partial charge is 0.123 e. The lowest BCUT2D eigenvalue weighted by molar-refractivity contribution is 1.27. The highest BCUT2D eigenvalue weighted by Crippen LogP contribution is 2.28. The molecule has 66 valence electrons. The third-order valence-electron chi connectivity index (χ3n) is 1.58. The molecule has 0 saturated carbocycles. The van der Waals surface area contributed by atoms with Crippen LogP contribution in [-0.2, 0) is 0 Å². The van der Waals surface area contributed by atoms with Crippen molar-refractivity contribution >= 4 is 27.5 Å². The first-order valence-corrected chi connectivity index (χ1v) is 4.76. The second-order valence-corrected chi connectivity index (χ2v) is 3.60. The zero-order valence-electron chi connectivity index (χ0n) is 6.46. The van der Waals surface area contributed by atoms with Crippen molar-refractivity contribution in [1.29, 1.82) is 0 Å². The number of H-pyrrole nitrogens is 1. The zero-order chi connectivity index (χ0) is 9.26. The van der Waals surface area contributed by atoms with Gasteiger partial charge in [-0.15, -0.1) is 0 Å². The molecular weight excluding hydrogens is 253 g/mol. The van der Waals surface area contributed by atoms with E-state index in [-0.39, 0.29) is 0 Å². The minimum absolute atomic E-state index is 0.593. The number of hydrogen-bond acceptors (Lipinski definition) is 2. The monoisotopic (exact) mass is 257 g/mol. The van der Waals surface area contributed by atoms with Gasteiger partial charge in [-0.05, 0) is 28.1 Å². The highest BCUT2D eigenvalue weighted by atomic mass is 79.9. The van der Waals surface area contributed by atoms with E-state index in [1.807, 2.05) is 0 Å². The van der Waals surface area contributed by atoms with Gasteiger partial charge in [0.1, 0.15) is 16.0 Å². The summed E-state index contributed by atoms with van der Waals surface area (Å²) in [6.07, 6.45) is 3.27. The second kappa shape index (κ2) is 3.47. The van der Waals surface area contributed by atoms with E-state index in [9.17, 15) is 0 Å². The molecule has 2 heterocycles. The van der Waals surface area contributed by atoms with Crippen molar-refractivity contribution in [2.24, 2.45) is 0 Å². The molecule has 0 aliphatic rings. The second-order valence-electron chi connectivity index (χ2n) is 2.40. The Kier molecular flexibility index (Phi) is 2.33. The van der Waals surface area contributed by atoms with Crippen LogP contribution in [0.25, 0.3) is 11.4 Å². The molecule has 0 fully saturated rings. The third-order valence-corrected chi connectivity index (χ3v) is 2.49. The molecule has 1 N–H and O–H groups in total. The summed E-state index contributed by atoms with van der Waals surface area (Å²) >= 11 is 9.27. The fourth-order valence-electron chi connectivity index (χ4n) is 1.00. The van der Waals surface area contributed by atoms with Crippen LogP contribution in [0.1, 0.15) is 0 Å². The number of rotatable bonds is 1. The van der Waals surface area contributed by atoms with Gasteiger partial charge in [0.25, 0.3) is 0 Å². The summed E-state index contributed by atoms with van der Waals surface area (Å²) in [5, 5.41) is 0.593. The molecule has 0 bridgehead atoms. The van der Waals surface area contributed by atoms with Crippen molar-refractivity contribution in [1.82, 2.24) is 15.0 Å². The Morgan fingerprint density at radius 1 is 1.31 bits per heavy atom. The number of aromatic amines is 1. The molecule has 0 spiro atoms. The Balaban J connectivity index is 2.59. The number of hydrogen-bond donors (Lipinski definition) is 1. The largest absolute Gasteiger partial charge is 0.339 e. The predicted octanol–water partition coefficient (Wildman–Crippen LogP) is 2.89. The highest BCUT2D eigenvalue weighted by molar-refractivity contribution is 9.10. The van der Waals surface area contributed by atoms with Crippen LogP contribution in [0.15, 0.2) is 29.3 Å². The standard InChI is InChI=1S/C8H5BrClN3/c9-8-7(12-4-13-8)6-5(10)2-1-3-11-6/h1-4H,(H,12,13). The first-order chi connectivity index (χ1) is 6.29. The maximum absolute atomic E-state index is 5.95. The molecule has 2 aromatic heterocycles. The highest BCUT2D eigenvalue weighted by Gasteiger charge is 2.09. The summed E-state index contributed by atoms with van der Waals surface area (Å²) in [4.78, 5) is 11.1. The molecular formula is C8H5BrClN3. The summed E-state index contributed by atoms with van der Waals surface area (Å²) in [5.41, 5.74) is 1.41. The van der Waals surface area contributed by atoms with Crippen LogP contribution >= 0.6 is 27.5 Å². The number of nitrogens with one attached hydrogen (secondary N) is 1. The van der Waals surface area contributed by atoms with E-state index in [2.05, 4.69) is 30.9 Å². The van der Waals surface area contributed by atoms with Gasteiger partial charge in [0.2, 0.25) is 0 Å². The fourth-order valence-corrected chi connectivity index (χ4v) is 1.61. The topological polar surface area (TPSA) is 41.6 Å². The summed E-state index contributed by atoms with van der Waals surface area (Å²) in [7, 11) is 0. The van der Waals surface area contributed by atoms with Crippen LogP contribution in [0.2, 0.25) is 5.02 Å². The molecule has 0 atom stereocenters. The predicted molar refractivity (Wildman–Crippen MR) is 54.5 cm³/mol. The van der Waals surface area contributed by atoms with Gasteiger partial charge in [-0.1, -0.05) is 11.6 Å². The Labute approximate surface area is 88.3 Å². The molecule has 13 heavy (non-hydrogen) atoms. The number of halogens is 2. The number of pyridine rings is 1. The van der Waals surface area contributed by atoms with Crippen molar-refractivity contribution < 1.29 is 0 Å². The zero-order valence-corrected chi connectivity index (χ0v) is 8.80. The van der Waals surface area contributed by atoms with Crippen LogP contribution < -0.4 is 0 Å². The number of aromatic nitrogens is 3. The molecule has 0 aliphatic carbocycles. The molecule has 0 saturated heterocycles. The van der Waals surface area contributed by atoms with E-state index < -0.39 is 0 Å². The van der Waals surface area contributed by atoms with Crippen molar-refractivity contribution in [3.8, 4) is 11.4 Å². The van der Waals surface area contributed by atoms with Gasteiger partial charge in [0.15, 0.2) is 0 Å². The van der Waals surface area contributed by atoms with Gasteiger partial charge < -0.3 is 4.98 Å². The van der Waals surface area contributed by atoms with E-state index in [0.717, 1.165) is 10.3 Å². The van der Waals surface area contributed by atoms with Crippen LogP contribution in [0.5, 0.6) is 0 Å². The molecule has 0 aliphatic heterocycles. The van der Waals surface area contributed by atoms with E-state index in [4.69, 9.17) is 11.6 Å². The molecule has 0 unspecified atom stereocenters. The molecule has 0 amide bonds. The van der Waals surface area contributed by atoms with Crippen LogP contribution in [-0.4, -0.2) is 15.0 Å². The third kappa shape index (κ3) is 1.59. The summed E-state index contributed by atoms with van der Waals surface area (Å²) in [6.45, 7) is 0. The SMILES string of the molecule is Clc1cccnc1-c1nc[nH]c1Br. The minimum Gasteiger partial charge on any atom is -0.339 e. The normalized spacial score (nSPS) is 10.3. The van der Waals surface area contributed by atoms with Gasteiger partial charge >= 0.3 is 0 Å². The Morgan fingerprint density at radius 3 is 2.77 bits per heavy atom. The van der Waals surface area contributed by atoms with Gasteiger partial charge in [0, 0.05) is 6.20 Å². The Morgan fingerprint density at radius 2 is 2.15 bits per heavy atom. The maximum Gasteiger partial charge on any atom is 0.123 e. The molecule has 5 heteroatoms. The molecule has 2 aromatic rings. The molecule has 2 rings (SSSR count). The summed E-state index contributed by atoms with van der Waals surface area (Å²) < 4.78 is 0.785. The van der Waals surface area contributed by atoms with Crippen LogP contribution in [0.4, 0.5) is 0 Å². The van der Waals surface area contributed by atoms with E-state index >= 15 is 0 Å². The van der Waals surface area contributed by atoms with E-state index in [1.54, 1.807) is 24.7 Å². The summed E-state index contributed by atoms with van der Waals surface area (Å²) in [5.74, 6) is 0. The first kappa shape index (κ1) is 8.72. The number of imidazole rings is 1. The maximum atomic E-state index is 5.95. The van der Waals surface area contributed by atoms with Crippen molar-refractivity contribution in [3.63, 3.8) is 0 Å². The van der Waals surface area contributed by atoms with Gasteiger partial charge in [0.05, 0.1) is 11.3 Å². The van der Waals surface area contributed by atoms with Crippen LogP contribution in [0.3, 0.4) is 0 Å². The van der Waals surface area contributed by atoms with Gasteiger partial charge in [-0.2, -0.15) is 0 Å². The molecule has 0 radical (unpaired) electrons. The lowest BCUT2D eigenvalue weighted by Crippen LogP contribution is -1.84. The lowest BCUT2D eigenvalue weighted by Gasteiger charge is -1.98. The minimum atomic E-state index is 0.593. The fraction of sp³-hybridized carbons (Fsp3) is 0. The van der Waals surface area contributed by atoms with Gasteiger partial charge in [-0.3, -0.25) is 4.98 Å². The Bertz CT molecular complexity index is 427. The van der Waals surface area contributed by atoms with Crippen molar-refractivity contribution in [2.45, 2.75) is 0 Å². The lowest BCUT2D eigenvalue weighted by atomic mass is 10.3. The van der Waals surface area contributed by atoms with E-state index in [1.165, 1.54) is 0 Å². The number of nitrogens with zero attached hydrogens (tertiary/aromatic N) is 2. The van der Waals surface area contributed by atoms with Crippen molar-refractivity contribution in [2.75, 3.05) is 0 Å². The first-order valence-electron chi connectivity index (χ1n) is 3.59. The van der Waals surface area contributed by atoms with Crippen molar-refractivity contribution in [3.05, 3.63) is 34.3 Å². The Hall–Kier alpha value is -0.870. The molecule has 0 aromatic carbocycles. The summed E-state index contributed by atoms with van der Waals surface area (Å²) in [6, 6.07) is 3.57. The quantitative estimate of drug-likeness (QED) is 0.854. The average Bonchev–Trinajstić information content (AvgIpc) is 2.52. The van der Waals surface area contributed by atoms with Gasteiger partial charge in [-0.25, -0.2) is 4.98 Å². The van der Waals surface area contributed by atoms with Crippen LogP contribution in [0, 0.1) is 0 Å². The molecule has 3 nitrogen and oxygen atoms in total. The average molecular weight is 259 g/mol. The van der Waals surface area contributed by atoms with E-state index in [0.29, 0.717) is 10.7 Å².